The molecule has 1 aliphatic rings. The standard InChI is InChI=1S/C16H22F3NO/c1-3-11-5-4-6-12(9-11)20-15-8-7-13(21-2)10-14(15)16(17,18)19/h7-8,10-12,20H,3-6,9H2,1-2H3. The van der Waals surface area contributed by atoms with Crippen LogP contribution in [0.3, 0.4) is 0 Å². The molecule has 0 amide bonds. The minimum atomic E-state index is -4.38. The smallest absolute Gasteiger partial charge is 0.418 e. The predicted octanol–water partition coefficient (Wildman–Crippen LogP) is 5.09. The molecule has 2 rings (SSSR count). The van der Waals surface area contributed by atoms with E-state index in [0.717, 1.165) is 31.7 Å². The third-order valence-electron chi connectivity index (χ3n) is 4.25. The summed E-state index contributed by atoms with van der Waals surface area (Å²) in [5, 5.41) is 3.10. The van der Waals surface area contributed by atoms with Gasteiger partial charge in [-0.25, -0.2) is 0 Å². The molecule has 1 aliphatic carbocycles. The van der Waals surface area contributed by atoms with E-state index in [-0.39, 0.29) is 17.5 Å². The zero-order chi connectivity index (χ0) is 15.5. The van der Waals surface area contributed by atoms with E-state index in [1.165, 1.54) is 19.6 Å². The largest absolute Gasteiger partial charge is 0.497 e. The lowest BCUT2D eigenvalue weighted by molar-refractivity contribution is -0.137. The van der Waals surface area contributed by atoms with Crippen LogP contribution in [0.15, 0.2) is 18.2 Å². The number of halogens is 3. The fraction of sp³-hybridized carbons (Fsp3) is 0.625. The molecule has 0 aromatic heterocycles. The highest BCUT2D eigenvalue weighted by Gasteiger charge is 2.35. The van der Waals surface area contributed by atoms with Gasteiger partial charge in [-0.1, -0.05) is 26.2 Å². The van der Waals surface area contributed by atoms with Crippen molar-refractivity contribution in [3.8, 4) is 5.75 Å². The molecule has 1 aromatic rings. The molecule has 0 aliphatic heterocycles. The Morgan fingerprint density at radius 2 is 2.05 bits per heavy atom. The molecule has 0 radical (unpaired) electrons. The van der Waals surface area contributed by atoms with E-state index in [0.29, 0.717) is 5.92 Å². The molecule has 1 aromatic carbocycles. The highest BCUT2D eigenvalue weighted by molar-refractivity contribution is 5.56. The number of rotatable bonds is 4. The van der Waals surface area contributed by atoms with Gasteiger partial charge in [0.15, 0.2) is 0 Å². The lowest BCUT2D eigenvalue weighted by atomic mass is 9.84. The Balaban J connectivity index is 2.19. The van der Waals surface area contributed by atoms with Gasteiger partial charge in [0.1, 0.15) is 5.75 Å². The molecule has 0 saturated heterocycles. The maximum absolute atomic E-state index is 13.2. The van der Waals surface area contributed by atoms with Gasteiger partial charge < -0.3 is 10.1 Å². The van der Waals surface area contributed by atoms with E-state index in [1.807, 2.05) is 0 Å². The molecule has 2 unspecified atom stereocenters. The van der Waals surface area contributed by atoms with Crippen molar-refractivity contribution < 1.29 is 17.9 Å². The van der Waals surface area contributed by atoms with E-state index >= 15 is 0 Å². The van der Waals surface area contributed by atoms with Crippen molar-refractivity contribution in [2.24, 2.45) is 5.92 Å². The van der Waals surface area contributed by atoms with E-state index in [1.54, 1.807) is 6.07 Å². The second-order valence-electron chi connectivity index (χ2n) is 5.69. The molecule has 0 spiro atoms. The SMILES string of the molecule is CCC1CCCC(Nc2ccc(OC)cc2C(F)(F)F)C1. The molecule has 21 heavy (non-hydrogen) atoms. The van der Waals surface area contributed by atoms with Crippen molar-refractivity contribution in [2.45, 2.75) is 51.2 Å². The normalized spacial score (nSPS) is 22.9. The fourth-order valence-corrected chi connectivity index (χ4v) is 3.02. The number of nitrogens with one attached hydrogen (secondary N) is 1. The van der Waals surface area contributed by atoms with E-state index in [4.69, 9.17) is 4.74 Å². The third-order valence-corrected chi connectivity index (χ3v) is 4.25. The van der Waals surface area contributed by atoms with Crippen LogP contribution in [-0.4, -0.2) is 13.2 Å². The molecule has 118 valence electrons. The third kappa shape index (κ3) is 4.05. The number of hydrogen-bond acceptors (Lipinski definition) is 2. The number of benzene rings is 1. The maximum Gasteiger partial charge on any atom is 0.418 e. The van der Waals surface area contributed by atoms with Crippen LogP contribution in [-0.2, 0) is 6.18 Å². The molecule has 2 atom stereocenters. The van der Waals surface area contributed by atoms with Crippen LogP contribution in [0.1, 0.15) is 44.6 Å². The highest BCUT2D eigenvalue weighted by Crippen LogP contribution is 2.38. The molecule has 1 saturated carbocycles. The summed E-state index contributed by atoms with van der Waals surface area (Å²) >= 11 is 0. The van der Waals surface area contributed by atoms with Gasteiger partial charge in [0, 0.05) is 11.7 Å². The van der Waals surface area contributed by atoms with Crippen molar-refractivity contribution in [3.05, 3.63) is 23.8 Å². The van der Waals surface area contributed by atoms with Crippen LogP contribution < -0.4 is 10.1 Å². The second kappa shape index (κ2) is 6.58. The fourth-order valence-electron chi connectivity index (χ4n) is 3.02. The average molecular weight is 301 g/mol. The maximum atomic E-state index is 13.2. The van der Waals surface area contributed by atoms with Crippen LogP contribution in [0.25, 0.3) is 0 Å². The Hall–Kier alpha value is -1.39. The molecular weight excluding hydrogens is 279 g/mol. The van der Waals surface area contributed by atoms with Gasteiger partial charge in [-0.05, 0) is 37.0 Å². The van der Waals surface area contributed by atoms with Crippen LogP contribution in [0.5, 0.6) is 5.75 Å². The van der Waals surface area contributed by atoms with Crippen molar-refractivity contribution in [3.63, 3.8) is 0 Å². The highest BCUT2D eigenvalue weighted by atomic mass is 19.4. The number of methoxy groups -OCH3 is 1. The predicted molar refractivity (Wildman–Crippen MR) is 77.7 cm³/mol. The van der Waals surface area contributed by atoms with Gasteiger partial charge in [0.05, 0.1) is 12.7 Å². The Kier molecular flexibility index (Phi) is 5.01. The molecule has 0 bridgehead atoms. The average Bonchev–Trinajstić information content (AvgIpc) is 2.46. The first-order valence-electron chi connectivity index (χ1n) is 7.45. The quantitative estimate of drug-likeness (QED) is 0.836. The molecule has 1 fully saturated rings. The topological polar surface area (TPSA) is 21.3 Å². The lowest BCUT2D eigenvalue weighted by Crippen LogP contribution is -2.28. The minimum Gasteiger partial charge on any atom is -0.497 e. The zero-order valence-corrected chi connectivity index (χ0v) is 12.5. The van der Waals surface area contributed by atoms with E-state index < -0.39 is 11.7 Å². The molecule has 0 heterocycles. The Morgan fingerprint density at radius 1 is 1.29 bits per heavy atom. The van der Waals surface area contributed by atoms with E-state index in [9.17, 15) is 13.2 Å². The summed E-state index contributed by atoms with van der Waals surface area (Å²) in [7, 11) is 1.37. The molecule has 2 nitrogen and oxygen atoms in total. The minimum absolute atomic E-state index is 0.123. The second-order valence-corrected chi connectivity index (χ2v) is 5.69. The Labute approximate surface area is 123 Å². The van der Waals surface area contributed by atoms with Crippen molar-refractivity contribution in [1.82, 2.24) is 0 Å². The first-order valence-corrected chi connectivity index (χ1v) is 7.45. The van der Waals surface area contributed by atoms with Gasteiger partial charge in [-0.2, -0.15) is 13.2 Å². The number of ether oxygens (including phenoxy) is 1. The summed E-state index contributed by atoms with van der Waals surface area (Å²) in [6.45, 7) is 2.14. The molecule has 1 N–H and O–H groups in total. The van der Waals surface area contributed by atoms with Crippen molar-refractivity contribution in [2.75, 3.05) is 12.4 Å². The first-order chi connectivity index (χ1) is 9.94. The number of alkyl halides is 3. The first kappa shape index (κ1) is 16.0. The number of hydrogen-bond donors (Lipinski definition) is 1. The summed E-state index contributed by atoms with van der Waals surface area (Å²) in [6.07, 6.45) is 0.847. The molecular formula is C16H22F3NO. The summed E-state index contributed by atoms with van der Waals surface area (Å²) in [4.78, 5) is 0. The van der Waals surface area contributed by atoms with Gasteiger partial charge in [0.2, 0.25) is 0 Å². The lowest BCUT2D eigenvalue weighted by Gasteiger charge is -2.30. The Morgan fingerprint density at radius 3 is 2.67 bits per heavy atom. The van der Waals surface area contributed by atoms with Crippen LogP contribution in [0.2, 0.25) is 0 Å². The summed E-state index contributed by atoms with van der Waals surface area (Å²) < 4.78 is 44.4. The van der Waals surface area contributed by atoms with Crippen molar-refractivity contribution >= 4 is 5.69 Å². The summed E-state index contributed by atoms with van der Waals surface area (Å²) in [6, 6.07) is 4.22. The monoisotopic (exact) mass is 301 g/mol. The van der Waals surface area contributed by atoms with Crippen LogP contribution in [0.4, 0.5) is 18.9 Å². The zero-order valence-electron chi connectivity index (χ0n) is 12.5. The Bertz CT molecular complexity index is 473. The van der Waals surface area contributed by atoms with Gasteiger partial charge in [-0.15, -0.1) is 0 Å². The summed E-state index contributed by atoms with van der Waals surface area (Å²) in [5.74, 6) is 0.840. The van der Waals surface area contributed by atoms with Gasteiger partial charge in [-0.3, -0.25) is 0 Å². The molecule has 5 heteroatoms. The number of anilines is 1. The van der Waals surface area contributed by atoms with Gasteiger partial charge >= 0.3 is 6.18 Å². The summed E-state index contributed by atoms with van der Waals surface area (Å²) in [5.41, 5.74) is -0.495. The van der Waals surface area contributed by atoms with E-state index in [2.05, 4.69) is 12.2 Å². The van der Waals surface area contributed by atoms with Crippen LogP contribution >= 0.6 is 0 Å². The van der Waals surface area contributed by atoms with Crippen molar-refractivity contribution in [1.29, 1.82) is 0 Å². The van der Waals surface area contributed by atoms with Crippen LogP contribution in [0, 0.1) is 5.92 Å². The van der Waals surface area contributed by atoms with Gasteiger partial charge in [0.25, 0.3) is 0 Å².